The highest BCUT2D eigenvalue weighted by molar-refractivity contribution is 9.10. The molecule has 0 aliphatic heterocycles. The maximum absolute atomic E-state index is 11.2. The molecule has 9 heteroatoms. The predicted octanol–water partition coefficient (Wildman–Crippen LogP) is 3.72. The monoisotopic (exact) mass is 399 g/mol. The minimum Gasteiger partial charge on any atom is -0.486 e. The van der Waals surface area contributed by atoms with Crippen LogP contribution in [0.2, 0.25) is 0 Å². The summed E-state index contributed by atoms with van der Waals surface area (Å²) in [5.74, 6) is -0.444. The molecule has 0 fully saturated rings. The lowest BCUT2D eigenvalue weighted by Crippen LogP contribution is -2.20. The fourth-order valence-corrected chi connectivity index (χ4v) is 3.72. The van der Waals surface area contributed by atoms with E-state index in [-0.39, 0.29) is 29.7 Å². The number of rotatable bonds is 8. The number of halogens is 2. The largest absolute Gasteiger partial charge is 0.486 e. The summed E-state index contributed by atoms with van der Waals surface area (Å²) in [4.78, 5) is 10.4. The molecule has 0 spiro atoms. The maximum atomic E-state index is 11.2. The van der Waals surface area contributed by atoms with E-state index in [0.717, 1.165) is 6.42 Å². The third-order valence-corrected chi connectivity index (χ3v) is 4.61. The van der Waals surface area contributed by atoms with Gasteiger partial charge in [0, 0.05) is 22.7 Å². The van der Waals surface area contributed by atoms with Gasteiger partial charge in [-0.2, -0.15) is 0 Å². The molecule has 0 heterocycles. The number of para-hydroxylation sites is 1. The average Bonchev–Trinajstić information content (AvgIpc) is 2.35. The van der Waals surface area contributed by atoms with Crippen LogP contribution in [-0.4, -0.2) is 25.7 Å². The standard InChI is InChI=1S/C12H15BrClNO5S/c1-2-4-9(8-21(14,18)19)7-20-12-10(13)5-3-6-11(12)15(16)17/h3,5-6,9H,2,4,7-8H2,1H3. The van der Waals surface area contributed by atoms with Crippen LogP contribution in [0.3, 0.4) is 0 Å². The van der Waals surface area contributed by atoms with Crippen molar-refractivity contribution in [1.29, 1.82) is 0 Å². The summed E-state index contributed by atoms with van der Waals surface area (Å²) >= 11 is 3.19. The Labute approximate surface area is 136 Å². The summed E-state index contributed by atoms with van der Waals surface area (Å²) in [6, 6.07) is 4.48. The molecule has 1 unspecified atom stereocenters. The van der Waals surface area contributed by atoms with Gasteiger partial charge < -0.3 is 4.74 Å². The number of nitro groups is 1. The number of benzene rings is 1. The van der Waals surface area contributed by atoms with Crippen molar-refractivity contribution in [3.05, 3.63) is 32.8 Å². The van der Waals surface area contributed by atoms with Gasteiger partial charge in [-0.05, 0) is 28.4 Å². The van der Waals surface area contributed by atoms with Crippen LogP contribution in [0.25, 0.3) is 0 Å². The quantitative estimate of drug-likeness (QED) is 0.377. The van der Waals surface area contributed by atoms with Crippen LogP contribution >= 0.6 is 26.6 Å². The van der Waals surface area contributed by atoms with Gasteiger partial charge in [0.2, 0.25) is 14.8 Å². The zero-order valence-corrected chi connectivity index (χ0v) is 14.4. The summed E-state index contributed by atoms with van der Waals surface area (Å²) in [5.41, 5.74) is -0.173. The number of nitro benzene ring substituents is 1. The van der Waals surface area contributed by atoms with Gasteiger partial charge in [-0.1, -0.05) is 19.4 Å². The van der Waals surface area contributed by atoms with Crippen molar-refractivity contribution in [2.24, 2.45) is 5.92 Å². The first-order chi connectivity index (χ1) is 9.74. The van der Waals surface area contributed by atoms with Crippen molar-refractivity contribution in [2.45, 2.75) is 19.8 Å². The van der Waals surface area contributed by atoms with E-state index in [2.05, 4.69) is 15.9 Å². The van der Waals surface area contributed by atoms with Gasteiger partial charge >= 0.3 is 5.69 Å². The summed E-state index contributed by atoms with van der Waals surface area (Å²) in [5, 5.41) is 11.0. The number of hydrogen-bond donors (Lipinski definition) is 0. The topological polar surface area (TPSA) is 86.5 Å². The zero-order valence-electron chi connectivity index (χ0n) is 11.3. The Balaban J connectivity index is 2.87. The van der Waals surface area contributed by atoms with Crippen LogP contribution in [0.5, 0.6) is 5.75 Å². The number of ether oxygens (including phenoxy) is 1. The Hall–Kier alpha value is -0.860. The lowest BCUT2D eigenvalue weighted by Gasteiger charge is -2.16. The van der Waals surface area contributed by atoms with Gasteiger partial charge in [0.25, 0.3) is 0 Å². The Morgan fingerprint density at radius 3 is 2.67 bits per heavy atom. The Morgan fingerprint density at radius 1 is 1.48 bits per heavy atom. The van der Waals surface area contributed by atoms with Crippen LogP contribution in [0, 0.1) is 16.0 Å². The molecule has 6 nitrogen and oxygen atoms in total. The summed E-state index contributed by atoms with van der Waals surface area (Å²) in [6.07, 6.45) is 1.36. The van der Waals surface area contributed by atoms with Crippen molar-refractivity contribution in [2.75, 3.05) is 12.4 Å². The molecule has 0 amide bonds. The second-order valence-corrected chi connectivity index (χ2v) is 8.19. The van der Waals surface area contributed by atoms with E-state index < -0.39 is 14.0 Å². The van der Waals surface area contributed by atoms with Crippen molar-refractivity contribution >= 4 is 41.4 Å². The highest BCUT2D eigenvalue weighted by Crippen LogP contribution is 2.35. The number of hydrogen-bond acceptors (Lipinski definition) is 5. The third kappa shape index (κ3) is 6.19. The van der Waals surface area contributed by atoms with Gasteiger partial charge in [-0.15, -0.1) is 0 Å². The van der Waals surface area contributed by atoms with Crippen LogP contribution in [0.4, 0.5) is 5.69 Å². The van der Waals surface area contributed by atoms with Gasteiger partial charge in [-0.3, -0.25) is 10.1 Å². The molecule has 0 saturated heterocycles. The summed E-state index contributed by atoms with van der Waals surface area (Å²) < 4.78 is 28.2. The second-order valence-electron chi connectivity index (χ2n) is 4.52. The predicted molar refractivity (Wildman–Crippen MR) is 84.3 cm³/mol. The first-order valence-electron chi connectivity index (χ1n) is 6.22. The van der Waals surface area contributed by atoms with Gasteiger partial charge in [0.05, 0.1) is 21.8 Å². The highest BCUT2D eigenvalue weighted by Gasteiger charge is 2.22. The zero-order chi connectivity index (χ0) is 16.0. The molecular weight excluding hydrogens is 386 g/mol. The SMILES string of the molecule is CCCC(COc1c(Br)cccc1[N+](=O)[O-])CS(=O)(=O)Cl. The molecular formula is C12H15BrClNO5S. The van der Waals surface area contributed by atoms with Crippen molar-refractivity contribution in [3.63, 3.8) is 0 Å². The fraction of sp³-hybridized carbons (Fsp3) is 0.500. The molecule has 0 aliphatic rings. The average molecular weight is 401 g/mol. The first-order valence-corrected chi connectivity index (χ1v) is 9.49. The Morgan fingerprint density at radius 2 is 2.14 bits per heavy atom. The van der Waals surface area contributed by atoms with E-state index in [4.69, 9.17) is 15.4 Å². The smallest absolute Gasteiger partial charge is 0.312 e. The van der Waals surface area contributed by atoms with Crippen LogP contribution < -0.4 is 4.74 Å². The van der Waals surface area contributed by atoms with E-state index >= 15 is 0 Å². The maximum Gasteiger partial charge on any atom is 0.312 e. The third-order valence-electron chi connectivity index (χ3n) is 2.74. The van der Waals surface area contributed by atoms with E-state index in [1.165, 1.54) is 12.1 Å². The lowest BCUT2D eigenvalue weighted by molar-refractivity contribution is -0.386. The molecule has 0 radical (unpaired) electrons. The van der Waals surface area contributed by atoms with E-state index in [9.17, 15) is 18.5 Å². The normalized spacial score (nSPS) is 12.9. The van der Waals surface area contributed by atoms with Crippen molar-refractivity contribution in [3.8, 4) is 5.75 Å². The van der Waals surface area contributed by atoms with Gasteiger partial charge in [0.1, 0.15) is 0 Å². The lowest BCUT2D eigenvalue weighted by atomic mass is 10.1. The number of nitrogens with zero attached hydrogens (tertiary/aromatic N) is 1. The molecule has 0 aromatic heterocycles. The first kappa shape index (κ1) is 18.2. The molecule has 0 bridgehead atoms. The van der Waals surface area contributed by atoms with E-state index in [0.29, 0.717) is 10.9 Å². The Bertz CT molecular complexity index is 608. The second kappa shape index (κ2) is 7.95. The fourth-order valence-electron chi connectivity index (χ4n) is 1.89. The van der Waals surface area contributed by atoms with Gasteiger partial charge in [0.15, 0.2) is 0 Å². The molecule has 1 aromatic rings. The molecule has 1 aromatic carbocycles. The molecule has 118 valence electrons. The van der Waals surface area contributed by atoms with Crippen LogP contribution in [0.15, 0.2) is 22.7 Å². The molecule has 0 aliphatic carbocycles. The molecule has 0 N–H and O–H groups in total. The molecule has 0 saturated carbocycles. The molecule has 1 rings (SSSR count). The van der Waals surface area contributed by atoms with Crippen molar-refractivity contribution in [1.82, 2.24) is 0 Å². The molecule has 21 heavy (non-hydrogen) atoms. The highest BCUT2D eigenvalue weighted by atomic mass is 79.9. The summed E-state index contributed by atoms with van der Waals surface area (Å²) in [7, 11) is 1.62. The minimum atomic E-state index is -3.64. The van der Waals surface area contributed by atoms with E-state index in [1.807, 2.05) is 6.92 Å². The Kier molecular flexibility index (Phi) is 6.89. The summed E-state index contributed by atoms with van der Waals surface area (Å²) in [6.45, 7) is 1.96. The van der Waals surface area contributed by atoms with Gasteiger partial charge in [-0.25, -0.2) is 8.42 Å². The minimum absolute atomic E-state index is 0.0449. The van der Waals surface area contributed by atoms with E-state index in [1.54, 1.807) is 6.07 Å². The molecule has 1 atom stereocenters. The van der Waals surface area contributed by atoms with Crippen LogP contribution in [0.1, 0.15) is 19.8 Å². The van der Waals surface area contributed by atoms with Crippen LogP contribution in [-0.2, 0) is 9.05 Å². The van der Waals surface area contributed by atoms with Crippen molar-refractivity contribution < 1.29 is 18.1 Å².